The van der Waals surface area contributed by atoms with Crippen LogP contribution in [0, 0.1) is 0 Å². The molecular formula is C15H17F3N2O5. The molecule has 0 spiro atoms. The smallest absolute Gasteiger partial charge is 0.422 e. The molecule has 0 saturated carbocycles. The predicted molar refractivity (Wildman–Crippen MR) is 78.3 cm³/mol. The number of aliphatic carboxylic acids is 1. The van der Waals surface area contributed by atoms with E-state index in [-0.39, 0.29) is 24.6 Å². The van der Waals surface area contributed by atoms with Gasteiger partial charge in [0.1, 0.15) is 5.56 Å². The van der Waals surface area contributed by atoms with E-state index in [4.69, 9.17) is 9.84 Å². The number of carboxylic acids is 1. The number of likely N-dealkylation sites (tertiary alicyclic amines) is 1. The van der Waals surface area contributed by atoms with Crippen LogP contribution in [-0.4, -0.2) is 65.5 Å². The number of carboxylic acid groups (broad SMARTS) is 1. The van der Waals surface area contributed by atoms with Crippen LogP contribution in [-0.2, 0) is 9.53 Å². The molecule has 1 aromatic heterocycles. The maximum atomic E-state index is 12.7. The van der Waals surface area contributed by atoms with Crippen LogP contribution in [0.3, 0.4) is 0 Å². The van der Waals surface area contributed by atoms with Gasteiger partial charge < -0.3 is 19.5 Å². The number of amides is 1. The third-order valence-corrected chi connectivity index (χ3v) is 3.75. The van der Waals surface area contributed by atoms with Crippen molar-refractivity contribution < 1.29 is 37.3 Å². The molecule has 1 amide bonds. The van der Waals surface area contributed by atoms with Gasteiger partial charge in [-0.05, 0) is 18.6 Å². The number of pyridine rings is 1. The molecule has 2 unspecified atom stereocenters. The van der Waals surface area contributed by atoms with E-state index >= 15 is 0 Å². The van der Waals surface area contributed by atoms with Gasteiger partial charge >= 0.3 is 12.1 Å². The van der Waals surface area contributed by atoms with E-state index in [1.54, 1.807) is 0 Å². The molecule has 1 aliphatic rings. The normalized spacial score (nSPS) is 20.6. The topological polar surface area (TPSA) is 89.0 Å². The van der Waals surface area contributed by atoms with E-state index in [1.807, 2.05) is 0 Å². The van der Waals surface area contributed by atoms with Crippen LogP contribution in [0.5, 0.6) is 5.88 Å². The quantitative estimate of drug-likeness (QED) is 0.829. The van der Waals surface area contributed by atoms with Crippen LogP contribution in [0.25, 0.3) is 0 Å². The highest BCUT2D eigenvalue weighted by molar-refractivity contribution is 5.97. The second-order valence-corrected chi connectivity index (χ2v) is 5.56. The summed E-state index contributed by atoms with van der Waals surface area (Å²) in [6, 6.07) is 2.06. The Morgan fingerprint density at radius 1 is 1.44 bits per heavy atom. The lowest BCUT2D eigenvalue weighted by atomic mass is 10.1. The van der Waals surface area contributed by atoms with Gasteiger partial charge in [-0.3, -0.25) is 9.59 Å². The van der Waals surface area contributed by atoms with Gasteiger partial charge in [0.25, 0.3) is 5.91 Å². The average Bonchev–Trinajstić information content (AvgIpc) is 2.94. The molecule has 138 valence electrons. The first-order chi connectivity index (χ1) is 11.7. The van der Waals surface area contributed by atoms with E-state index < -0.39 is 36.6 Å². The highest BCUT2D eigenvalue weighted by Crippen LogP contribution is 2.27. The lowest BCUT2D eigenvalue weighted by Gasteiger charge is -2.24. The van der Waals surface area contributed by atoms with Crippen LogP contribution in [0.2, 0.25) is 0 Å². The first kappa shape index (κ1) is 19.0. The molecule has 1 fully saturated rings. The Hall–Kier alpha value is -2.36. The lowest BCUT2D eigenvalue weighted by Crippen LogP contribution is -2.37. The van der Waals surface area contributed by atoms with E-state index in [9.17, 15) is 22.8 Å². The fourth-order valence-electron chi connectivity index (χ4n) is 2.66. The van der Waals surface area contributed by atoms with Gasteiger partial charge in [-0.15, -0.1) is 0 Å². The zero-order valence-corrected chi connectivity index (χ0v) is 13.3. The summed E-state index contributed by atoms with van der Waals surface area (Å²) in [7, 11) is 1.44. The van der Waals surface area contributed by atoms with Gasteiger partial charge in [-0.2, -0.15) is 13.2 Å². The first-order valence-electron chi connectivity index (χ1n) is 7.41. The Kier molecular flexibility index (Phi) is 5.83. The van der Waals surface area contributed by atoms with Crippen molar-refractivity contribution in [2.75, 3.05) is 20.3 Å². The number of halogens is 3. The van der Waals surface area contributed by atoms with Crippen molar-refractivity contribution in [2.45, 2.75) is 31.2 Å². The monoisotopic (exact) mass is 362 g/mol. The van der Waals surface area contributed by atoms with Gasteiger partial charge in [-0.1, -0.05) is 0 Å². The number of hydrogen-bond acceptors (Lipinski definition) is 5. The summed E-state index contributed by atoms with van der Waals surface area (Å²) in [6.45, 7) is -1.44. The fourth-order valence-corrected chi connectivity index (χ4v) is 2.66. The number of ether oxygens (including phenoxy) is 2. The van der Waals surface area contributed by atoms with Crippen LogP contribution >= 0.6 is 0 Å². The van der Waals surface area contributed by atoms with E-state index in [1.165, 1.54) is 30.3 Å². The standard InChI is InChI=1S/C15H17F3N2O5/c1-24-10-5-9(6-12(21)22)20(7-10)14(23)11-3-2-4-19-13(11)25-8-15(16,17)18/h2-4,9-10H,5-8H2,1H3,(H,21,22). The third kappa shape index (κ3) is 5.05. The minimum absolute atomic E-state index is 0.140. The highest BCUT2D eigenvalue weighted by Gasteiger charge is 2.38. The zero-order valence-electron chi connectivity index (χ0n) is 13.3. The second-order valence-electron chi connectivity index (χ2n) is 5.56. The van der Waals surface area contributed by atoms with Gasteiger partial charge in [0.2, 0.25) is 5.88 Å². The molecule has 0 bridgehead atoms. The zero-order chi connectivity index (χ0) is 18.6. The Labute approximate surface area is 141 Å². The maximum absolute atomic E-state index is 12.7. The van der Waals surface area contributed by atoms with Gasteiger partial charge in [-0.25, -0.2) is 4.98 Å². The molecule has 2 atom stereocenters. The van der Waals surface area contributed by atoms with Crippen LogP contribution < -0.4 is 4.74 Å². The lowest BCUT2D eigenvalue weighted by molar-refractivity contribution is -0.154. The van der Waals surface area contributed by atoms with Crippen molar-refractivity contribution in [3.63, 3.8) is 0 Å². The van der Waals surface area contributed by atoms with Crippen molar-refractivity contribution in [1.82, 2.24) is 9.88 Å². The molecule has 0 aromatic carbocycles. The molecule has 25 heavy (non-hydrogen) atoms. The number of methoxy groups -OCH3 is 1. The molecule has 1 aromatic rings. The molecule has 1 N–H and O–H groups in total. The fraction of sp³-hybridized carbons (Fsp3) is 0.533. The van der Waals surface area contributed by atoms with E-state index in [2.05, 4.69) is 9.72 Å². The Balaban J connectivity index is 2.22. The summed E-state index contributed by atoms with van der Waals surface area (Å²) in [4.78, 5) is 28.7. The summed E-state index contributed by atoms with van der Waals surface area (Å²) in [5, 5.41) is 8.99. The Morgan fingerprint density at radius 3 is 2.76 bits per heavy atom. The van der Waals surface area contributed by atoms with Crippen LogP contribution in [0.15, 0.2) is 18.3 Å². The number of rotatable bonds is 6. The summed E-state index contributed by atoms with van der Waals surface area (Å²) >= 11 is 0. The SMILES string of the molecule is COC1CC(CC(=O)O)N(C(=O)c2cccnc2OCC(F)(F)F)C1. The van der Waals surface area contributed by atoms with Gasteiger partial charge in [0, 0.05) is 25.9 Å². The summed E-state index contributed by atoms with van der Waals surface area (Å²) < 4.78 is 46.8. The Bertz CT molecular complexity index is 638. The van der Waals surface area contributed by atoms with Gasteiger partial charge in [0.15, 0.2) is 6.61 Å². The molecule has 0 aliphatic carbocycles. The molecular weight excluding hydrogens is 345 g/mol. The Morgan fingerprint density at radius 2 is 2.16 bits per heavy atom. The first-order valence-corrected chi connectivity index (χ1v) is 7.41. The molecule has 1 aliphatic heterocycles. The van der Waals surface area contributed by atoms with E-state index in [0.717, 1.165) is 0 Å². The van der Waals surface area contributed by atoms with E-state index in [0.29, 0.717) is 6.42 Å². The molecule has 2 heterocycles. The largest absolute Gasteiger partial charge is 0.481 e. The summed E-state index contributed by atoms with van der Waals surface area (Å²) in [5.74, 6) is -2.17. The number of carbonyl (C=O) groups is 2. The minimum Gasteiger partial charge on any atom is -0.481 e. The molecule has 2 rings (SSSR count). The van der Waals surface area contributed by atoms with Gasteiger partial charge in [0.05, 0.1) is 12.5 Å². The van der Waals surface area contributed by atoms with Crippen LogP contribution in [0.4, 0.5) is 13.2 Å². The van der Waals surface area contributed by atoms with Crippen molar-refractivity contribution >= 4 is 11.9 Å². The molecule has 10 heteroatoms. The molecule has 1 saturated heterocycles. The second kappa shape index (κ2) is 7.68. The number of hydrogen-bond donors (Lipinski definition) is 1. The third-order valence-electron chi connectivity index (χ3n) is 3.75. The summed E-state index contributed by atoms with van der Waals surface area (Å²) in [6.07, 6.45) is -3.67. The highest BCUT2D eigenvalue weighted by atomic mass is 19.4. The summed E-state index contributed by atoms with van der Waals surface area (Å²) in [5.41, 5.74) is -0.154. The number of nitrogens with zero attached hydrogens (tertiary/aromatic N) is 2. The molecule has 0 radical (unpaired) electrons. The van der Waals surface area contributed by atoms with Crippen molar-refractivity contribution in [3.05, 3.63) is 23.9 Å². The minimum atomic E-state index is -4.57. The molecule has 7 nitrogen and oxygen atoms in total. The number of aromatic nitrogens is 1. The maximum Gasteiger partial charge on any atom is 0.422 e. The van der Waals surface area contributed by atoms with Crippen molar-refractivity contribution in [3.8, 4) is 5.88 Å². The van der Waals surface area contributed by atoms with Crippen molar-refractivity contribution in [2.24, 2.45) is 0 Å². The predicted octanol–water partition coefficient (Wildman–Crippen LogP) is 1.73. The number of alkyl halides is 3. The average molecular weight is 362 g/mol. The van der Waals surface area contributed by atoms with Crippen molar-refractivity contribution in [1.29, 1.82) is 0 Å². The number of carbonyl (C=O) groups excluding carboxylic acids is 1. The van der Waals surface area contributed by atoms with Crippen LogP contribution in [0.1, 0.15) is 23.2 Å².